The Morgan fingerprint density at radius 2 is 1.81 bits per heavy atom. The minimum absolute atomic E-state index is 0.0762. The van der Waals surface area contributed by atoms with Gasteiger partial charge in [-0.05, 0) is 54.9 Å². The van der Waals surface area contributed by atoms with Crippen LogP contribution in [0.3, 0.4) is 0 Å². The van der Waals surface area contributed by atoms with Gasteiger partial charge in [-0.1, -0.05) is 18.2 Å². The third-order valence-corrected chi connectivity index (χ3v) is 6.75. The summed E-state index contributed by atoms with van der Waals surface area (Å²) in [6.45, 7) is 0.990. The summed E-state index contributed by atoms with van der Waals surface area (Å²) in [5.74, 6) is -0.865. The van der Waals surface area contributed by atoms with E-state index >= 15 is 0 Å². The molecule has 1 amide bonds. The highest BCUT2D eigenvalue weighted by Gasteiger charge is 2.21. The fraction of sp³-hybridized carbons (Fsp3) is 0.217. The number of aromatic nitrogens is 1. The van der Waals surface area contributed by atoms with Crippen molar-refractivity contribution in [1.82, 2.24) is 15.6 Å². The summed E-state index contributed by atoms with van der Waals surface area (Å²) in [6, 6.07) is 13.7. The van der Waals surface area contributed by atoms with Crippen LogP contribution in [-0.4, -0.2) is 49.7 Å². The molecule has 3 rings (SSSR count). The van der Waals surface area contributed by atoms with Gasteiger partial charge in [-0.2, -0.15) is 0 Å². The molecule has 4 N–H and O–H groups in total. The summed E-state index contributed by atoms with van der Waals surface area (Å²) in [5, 5.41) is 25.5. The predicted molar refractivity (Wildman–Crippen MR) is 119 cm³/mol. The highest BCUT2D eigenvalue weighted by atomic mass is 32.2. The second-order valence-corrected chi connectivity index (χ2v) is 9.11. The van der Waals surface area contributed by atoms with Crippen LogP contribution in [0.4, 0.5) is 0 Å². The van der Waals surface area contributed by atoms with E-state index in [2.05, 4.69) is 15.6 Å². The van der Waals surface area contributed by atoms with Crippen molar-refractivity contribution in [3.05, 3.63) is 83.7 Å². The Morgan fingerprint density at radius 1 is 1.09 bits per heavy atom. The van der Waals surface area contributed by atoms with E-state index in [-0.39, 0.29) is 21.1 Å². The van der Waals surface area contributed by atoms with E-state index in [4.69, 9.17) is 0 Å². The average molecular weight is 456 g/mol. The molecule has 0 radical (unpaired) electrons. The fourth-order valence-electron chi connectivity index (χ4n) is 3.13. The molecular formula is C23H25N3O5S. The third-order valence-electron chi connectivity index (χ3n) is 4.98. The standard InChI is InChI=1S/C23H25N3O5S/c1-24-23(29)20-13-19(8-9-21(20)27)32(30,31)18-6-4-16(5-7-18)10-12-26-15-22(28)17-3-2-11-25-14-17/h2-9,11,13-14,22,26-28H,10,12,15H2,1H3,(H,24,29)/t22-/m0/s1. The van der Waals surface area contributed by atoms with Gasteiger partial charge < -0.3 is 20.8 Å². The zero-order valence-electron chi connectivity index (χ0n) is 17.5. The summed E-state index contributed by atoms with van der Waals surface area (Å²) in [4.78, 5) is 15.9. The van der Waals surface area contributed by atoms with Crippen LogP contribution in [0, 0.1) is 0 Å². The number of sulfone groups is 1. The predicted octanol–water partition coefficient (Wildman–Crippen LogP) is 1.85. The summed E-state index contributed by atoms with van der Waals surface area (Å²) in [7, 11) is -2.45. The normalized spacial score (nSPS) is 12.3. The second kappa shape index (κ2) is 10.4. The first-order chi connectivity index (χ1) is 15.3. The summed E-state index contributed by atoms with van der Waals surface area (Å²) in [6.07, 6.45) is 3.27. The molecule has 3 aromatic rings. The van der Waals surface area contributed by atoms with Crippen LogP contribution in [0.15, 0.2) is 76.8 Å². The Kier molecular flexibility index (Phi) is 7.57. The maximum atomic E-state index is 12.9. The summed E-state index contributed by atoms with van der Waals surface area (Å²) < 4.78 is 25.9. The van der Waals surface area contributed by atoms with Gasteiger partial charge >= 0.3 is 0 Å². The van der Waals surface area contributed by atoms with E-state index in [1.165, 1.54) is 31.3 Å². The number of pyridine rings is 1. The average Bonchev–Trinajstić information content (AvgIpc) is 2.82. The first-order valence-electron chi connectivity index (χ1n) is 10.0. The SMILES string of the molecule is CNC(=O)c1cc(S(=O)(=O)c2ccc(CCNC[C@H](O)c3cccnc3)cc2)ccc1O. The van der Waals surface area contributed by atoms with Crippen LogP contribution in [0.1, 0.15) is 27.6 Å². The number of nitrogens with one attached hydrogen (secondary N) is 2. The molecule has 0 aliphatic carbocycles. The highest BCUT2D eigenvalue weighted by molar-refractivity contribution is 7.91. The van der Waals surface area contributed by atoms with Gasteiger partial charge in [0.15, 0.2) is 0 Å². The van der Waals surface area contributed by atoms with Gasteiger partial charge in [0.1, 0.15) is 5.75 Å². The first-order valence-corrected chi connectivity index (χ1v) is 11.5. The lowest BCUT2D eigenvalue weighted by Gasteiger charge is -2.12. The number of rotatable bonds is 9. The van der Waals surface area contributed by atoms with Crippen LogP contribution < -0.4 is 10.6 Å². The zero-order chi connectivity index (χ0) is 23.1. The third kappa shape index (κ3) is 5.50. The molecule has 0 aliphatic rings. The van der Waals surface area contributed by atoms with E-state index in [9.17, 15) is 23.4 Å². The molecule has 0 saturated carbocycles. The van der Waals surface area contributed by atoms with Crippen molar-refractivity contribution in [1.29, 1.82) is 0 Å². The maximum Gasteiger partial charge on any atom is 0.254 e. The van der Waals surface area contributed by atoms with Gasteiger partial charge in [0, 0.05) is 31.5 Å². The number of aromatic hydroxyl groups is 1. The lowest BCUT2D eigenvalue weighted by Crippen LogP contribution is -2.23. The molecule has 0 fully saturated rings. The molecule has 2 aromatic carbocycles. The van der Waals surface area contributed by atoms with Crippen molar-refractivity contribution in [2.45, 2.75) is 22.3 Å². The van der Waals surface area contributed by atoms with E-state index in [0.717, 1.165) is 17.2 Å². The van der Waals surface area contributed by atoms with Gasteiger partial charge in [-0.25, -0.2) is 8.42 Å². The number of phenolic OH excluding ortho intramolecular Hbond substituents is 1. The molecule has 0 saturated heterocycles. The lowest BCUT2D eigenvalue weighted by atomic mass is 10.1. The van der Waals surface area contributed by atoms with Crippen molar-refractivity contribution in [2.24, 2.45) is 0 Å². The van der Waals surface area contributed by atoms with Crippen molar-refractivity contribution >= 4 is 15.7 Å². The Labute approximate surface area is 186 Å². The number of phenols is 1. The summed E-state index contributed by atoms with van der Waals surface area (Å²) in [5.41, 5.74) is 1.57. The van der Waals surface area contributed by atoms with Gasteiger partial charge in [-0.15, -0.1) is 0 Å². The van der Waals surface area contributed by atoms with E-state index in [1.54, 1.807) is 30.6 Å². The largest absolute Gasteiger partial charge is 0.507 e. The lowest BCUT2D eigenvalue weighted by molar-refractivity contribution is 0.0960. The molecule has 1 aromatic heterocycles. The Morgan fingerprint density at radius 3 is 2.47 bits per heavy atom. The highest BCUT2D eigenvalue weighted by Crippen LogP contribution is 2.26. The molecule has 0 unspecified atom stereocenters. The minimum atomic E-state index is -3.85. The molecule has 1 atom stereocenters. The van der Waals surface area contributed by atoms with Gasteiger partial charge in [0.25, 0.3) is 5.91 Å². The van der Waals surface area contributed by atoms with Crippen LogP contribution >= 0.6 is 0 Å². The van der Waals surface area contributed by atoms with Crippen LogP contribution in [0.5, 0.6) is 5.75 Å². The molecule has 0 aliphatic heterocycles. The number of hydrogen-bond donors (Lipinski definition) is 4. The topological polar surface area (TPSA) is 129 Å². The van der Waals surface area contributed by atoms with Crippen LogP contribution in [0.25, 0.3) is 0 Å². The smallest absolute Gasteiger partial charge is 0.254 e. The first kappa shape index (κ1) is 23.4. The van der Waals surface area contributed by atoms with Crippen LogP contribution in [-0.2, 0) is 16.3 Å². The van der Waals surface area contributed by atoms with Crippen molar-refractivity contribution in [2.75, 3.05) is 20.1 Å². The van der Waals surface area contributed by atoms with E-state index < -0.39 is 21.8 Å². The number of hydrogen-bond acceptors (Lipinski definition) is 7. The van der Waals surface area contributed by atoms with Gasteiger partial charge in [-0.3, -0.25) is 9.78 Å². The van der Waals surface area contributed by atoms with Crippen molar-refractivity contribution in [3.63, 3.8) is 0 Å². The fourth-order valence-corrected chi connectivity index (χ4v) is 4.42. The number of aliphatic hydroxyl groups is 1. The Bertz CT molecular complexity index is 1170. The molecule has 32 heavy (non-hydrogen) atoms. The second-order valence-electron chi connectivity index (χ2n) is 7.16. The number of carbonyl (C=O) groups is 1. The molecular weight excluding hydrogens is 430 g/mol. The van der Waals surface area contributed by atoms with E-state index in [1.807, 2.05) is 6.07 Å². The van der Waals surface area contributed by atoms with Crippen molar-refractivity contribution < 1.29 is 23.4 Å². The Hall–Kier alpha value is -3.27. The van der Waals surface area contributed by atoms with Crippen LogP contribution in [0.2, 0.25) is 0 Å². The van der Waals surface area contributed by atoms with E-state index in [0.29, 0.717) is 19.5 Å². The summed E-state index contributed by atoms with van der Waals surface area (Å²) >= 11 is 0. The van der Waals surface area contributed by atoms with Crippen molar-refractivity contribution in [3.8, 4) is 5.75 Å². The maximum absolute atomic E-state index is 12.9. The number of benzene rings is 2. The van der Waals surface area contributed by atoms with Gasteiger partial charge in [0.05, 0.1) is 21.5 Å². The molecule has 9 heteroatoms. The number of aliphatic hydroxyl groups excluding tert-OH is 1. The number of amides is 1. The molecule has 0 spiro atoms. The zero-order valence-corrected chi connectivity index (χ0v) is 18.3. The molecule has 168 valence electrons. The number of carbonyl (C=O) groups excluding carboxylic acids is 1. The number of nitrogens with zero attached hydrogens (tertiary/aromatic N) is 1. The minimum Gasteiger partial charge on any atom is -0.507 e. The quantitative estimate of drug-likeness (QED) is 0.363. The molecule has 8 nitrogen and oxygen atoms in total. The molecule has 0 bridgehead atoms. The Balaban J connectivity index is 1.62. The molecule has 1 heterocycles. The van der Waals surface area contributed by atoms with Gasteiger partial charge in [0.2, 0.25) is 9.84 Å². The monoisotopic (exact) mass is 455 g/mol.